The van der Waals surface area contributed by atoms with Crippen LogP contribution in [0.4, 0.5) is 5.69 Å². The molecule has 0 unspecified atom stereocenters. The monoisotopic (exact) mass is 242 g/mol. The fraction of sp³-hybridized carbons (Fsp3) is 0.500. The molecule has 0 spiro atoms. The Morgan fingerprint density at radius 2 is 1.88 bits per heavy atom. The number of nitrogens with zero attached hydrogens (tertiary/aromatic N) is 1. The highest BCUT2D eigenvalue weighted by molar-refractivity contribution is 5.85. The average Bonchev–Trinajstić information content (AvgIpc) is 2.29. The molecule has 0 radical (unpaired) electrons. The predicted molar refractivity (Wildman–Crippen MR) is 70.1 cm³/mol. The largest absolute Gasteiger partial charge is 0.497 e. The van der Waals surface area contributed by atoms with E-state index in [4.69, 9.17) is 4.74 Å². The fourth-order valence-electron chi connectivity index (χ4n) is 1.95. The molecule has 0 aromatic heterocycles. The van der Waals surface area contributed by atoms with Gasteiger partial charge in [-0.05, 0) is 24.6 Å². The molecule has 90 valence electrons. The number of aryl methyl sites for hydroxylation is 1. The maximum Gasteiger partial charge on any atom is 0.121 e. The van der Waals surface area contributed by atoms with Crippen LogP contribution >= 0.6 is 12.4 Å². The minimum atomic E-state index is 0. The van der Waals surface area contributed by atoms with E-state index in [0.29, 0.717) is 0 Å². The van der Waals surface area contributed by atoms with Crippen LogP contribution in [-0.4, -0.2) is 33.3 Å². The van der Waals surface area contributed by atoms with Gasteiger partial charge in [-0.15, -0.1) is 12.4 Å². The van der Waals surface area contributed by atoms with E-state index in [2.05, 4.69) is 35.3 Å². The number of halogens is 1. The smallest absolute Gasteiger partial charge is 0.121 e. The SMILES string of the molecule is COc1cc(C)cc(N2CCNCC2)c1.Cl. The van der Waals surface area contributed by atoms with Crippen molar-refractivity contribution in [1.29, 1.82) is 0 Å². The third kappa shape index (κ3) is 3.03. The topological polar surface area (TPSA) is 24.5 Å². The summed E-state index contributed by atoms with van der Waals surface area (Å²) in [5.74, 6) is 0.948. The Morgan fingerprint density at radius 1 is 1.19 bits per heavy atom. The van der Waals surface area contributed by atoms with E-state index in [1.165, 1.54) is 11.3 Å². The third-order valence-corrected chi connectivity index (χ3v) is 2.75. The van der Waals surface area contributed by atoms with Gasteiger partial charge in [-0.2, -0.15) is 0 Å². The highest BCUT2D eigenvalue weighted by Gasteiger charge is 2.11. The van der Waals surface area contributed by atoms with Gasteiger partial charge in [0.15, 0.2) is 0 Å². The molecule has 1 saturated heterocycles. The van der Waals surface area contributed by atoms with Crippen molar-refractivity contribution in [3.63, 3.8) is 0 Å². The van der Waals surface area contributed by atoms with Crippen molar-refractivity contribution in [3.05, 3.63) is 23.8 Å². The summed E-state index contributed by atoms with van der Waals surface area (Å²) in [6.07, 6.45) is 0. The van der Waals surface area contributed by atoms with Crippen LogP contribution < -0.4 is 15.0 Å². The van der Waals surface area contributed by atoms with Gasteiger partial charge < -0.3 is 15.0 Å². The zero-order chi connectivity index (χ0) is 10.7. The highest BCUT2D eigenvalue weighted by Crippen LogP contribution is 2.23. The number of hydrogen-bond acceptors (Lipinski definition) is 3. The number of rotatable bonds is 2. The molecular weight excluding hydrogens is 224 g/mol. The van der Waals surface area contributed by atoms with E-state index in [0.717, 1.165) is 31.9 Å². The van der Waals surface area contributed by atoms with Gasteiger partial charge >= 0.3 is 0 Å². The Balaban J connectivity index is 0.00000128. The van der Waals surface area contributed by atoms with Crippen LogP contribution in [0.3, 0.4) is 0 Å². The Bertz CT molecular complexity index is 338. The molecule has 16 heavy (non-hydrogen) atoms. The summed E-state index contributed by atoms with van der Waals surface area (Å²) in [5.41, 5.74) is 2.52. The number of piperazine rings is 1. The lowest BCUT2D eigenvalue weighted by atomic mass is 10.2. The molecule has 4 heteroatoms. The van der Waals surface area contributed by atoms with E-state index >= 15 is 0 Å². The molecule has 0 aliphatic carbocycles. The van der Waals surface area contributed by atoms with Gasteiger partial charge in [0.05, 0.1) is 7.11 Å². The number of hydrogen-bond donors (Lipinski definition) is 1. The van der Waals surface area contributed by atoms with E-state index < -0.39 is 0 Å². The fourth-order valence-corrected chi connectivity index (χ4v) is 1.95. The summed E-state index contributed by atoms with van der Waals surface area (Å²) in [5, 5.41) is 3.35. The van der Waals surface area contributed by atoms with Gasteiger partial charge in [0, 0.05) is 37.9 Å². The number of anilines is 1. The summed E-state index contributed by atoms with van der Waals surface area (Å²) in [6, 6.07) is 6.39. The maximum atomic E-state index is 5.28. The molecular formula is C12H19ClN2O. The van der Waals surface area contributed by atoms with E-state index in [9.17, 15) is 0 Å². The zero-order valence-electron chi connectivity index (χ0n) is 9.82. The van der Waals surface area contributed by atoms with Crippen LogP contribution in [0.25, 0.3) is 0 Å². The highest BCUT2D eigenvalue weighted by atomic mass is 35.5. The second-order valence-corrected chi connectivity index (χ2v) is 3.95. The molecule has 0 bridgehead atoms. The molecule has 0 amide bonds. The van der Waals surface area contributed by atoms with Crippen molar-refractivity contribution in [2.45, 2.75) is 6.92 Å². The molecule has 3 nitrogen and oxygen atoms in total. The first kappa shape index (κ1) is 13.1. The number of methoxy groups -OCH3 is 1. The maximum absolute atomic E-state index is 5.28. The van der Waals surface area contributed by atoms with Gasteiger partial charge in [0.2, 0.25) is 0 Å². The van der Waals surface area contributed by atoms with Crippen molar-refractivity contribution in [2.24, 2.45) is 0 Å². The van der Waals surface area contributed by atoms with Gasteiger partial charge in [0.25, 0.3) is 0 Å². The van der Waals surface area contributed by atoms with E-state index in [-0.39, 0.29) is 12.4 Å². The Morgan fingerprint density at radius 3 is 2.50 bits per heavy atom. The van der Waals surface area contributed by atoms with Crippen LogP contribution in [0.2, 0.25) is 0 Å². The quantitative estimate of drug-likeness (QED) is 0.857. The van der Waals surface area contributed by atoms with Crippen LogP contribution in [0.5, 0.6) is 5.75 Å². The number of benzene rings is 1. The van der Waals surface area contributed by atoms with Crippen molar-refractivity contribution < 1.29 is 4.74 Å². The third-order valence-electron chi connectivity index (χ3n) is 2.75. The first-order valence-electron chi connectivity index (χ1n) is 5.41. The molecule has 0 atom stereocenters. The van der Waals surface area contributed by atoms with Gasteiger partial charge in [-0.25, -0.2) is 0 Å². The average molecular weight is 243 g/mol. The summed E-state index contributed by atoms with van der Waals surface area (Å²) >= 11 is 0. The summed E-state index contributed by atoms with van der Waals surface area (Å²) in [4.78, 5) is 2.39. The molecule has 1 fully saturated rings. The minimum Gasteiger partial charge on any atom is -0.497 e. The molecule has 1 aliphatic heterocycles. The second-order valence-electron chi connectivity index (χ2n) is 3.95. The lowest BCUT2D eigenvalue weighted by Crippen LogP contribution is -2.43. The lowest BCUT2D eigenvalue weighted by Gasteiger charge is -2.29. The van der Waals surface area contributed by atoms with E-state index in [1.807, 2.05) is 0 Å². The lowest BCUT2D eigenvalue weighted by molar-refractivity contribution is 0.414. The Labute approximate surface area is 103 Å². The molecule has 2 rings (SSSR count). The first-order valence-corrected chi connectivity index (χ1v) is 5.41. The zero-order valence-corrected chi connectivity index (χ0v) is 10.6. The number of ether oxygens (including phenoxy) is 1. The molecule has 1 N–H and O–H groups in total. The standard InChI is InChI=1S/C12H18N2O.ClH/c1-10-7-11(9-12(8-10)15-2)14-5-3-13-4-6-14;/h7-9,13H,3-6H2,1-2H3;1H. The Kier molecular flexibility index (Phi) is 4.90. The molecule has 1 aromatic carbocycles. The van der Waals surface area contributed by atoms with Crippen LogP contribution in [0, 0.1) is 6.92 Å². The first-order chi connectivity index (χ1) is 7.29. The molecule has 1 aliphatic rings. The van der Waals surface area contributed by atoms with Crippen molar-refractivity contribution in [3.8, 4) is 5.75 Å². The van der Waals surface area contributed by atoms with Gasteiger partial charge in [0.1, 0.15) is 5.75 Å². The second kappa shape index (κ2) is 5.97. The predicted octanol–water partition coefficient (Wildman–Crippen LogP) is 1.84. The van der Waals surface area contributed by atoms with Gasteiger partial charge in [-0.1, -0.05) is 0 Å². The van der Waals surface area contributed by atoms with Crippen molar-refractivity contribution >= 4 is 18.1 Å². The normalized spacial score (nSPS) is 15.5. The minimum absolute atomic E-state index is 0. The summed E-state index contributed by atoms with van der Waals surface area (Å²) < 4.78 is 5.28. The number of nitrogens with one attached hydrogen (secondary N) is 1. The Hall–Kier alpha value is -0.930. The van der Waals surface area contributed by atoms with Crippen LogP contribution in [0.15, 0.2) is 18.2 Å². The molecule has 1 heterocycles. The van der Waals surface area contributed by atoms with Crippen LogP contribution in [-0.2, 0) is 0 Å². The van der Waals surface area contributed by atoms with Gasteiger partial charge in [-0.3, -0.25) is 0 Å². The van der Waals surface area contributed by atoms with Crippen molar-refractivity contribution in [1.82, 2.24) is 5.32 Å². The van der Waals surface area contributed by atoms with Crippen molar-refractivity contribution in [2.75, 3.05) is 38.2 Å². The van der Waals surface area contributed by atoms with Crippen LogP contribution in [0.1, 0.15) is 5.56 Å². The summed E-state index contributed by atoms with van der Waals surface area (Å²) in [7, 11) is 1.72. The molecule has 1 aromatic rings. The van der Waals surface area contributed by atoms with E-state index in [1.54, 1.807) is 7.11 Å². The summed E-state index contributed by atoms with van der Waals surface area (Å²) in [6.45, 7) is 6.39. The molecule has 0 saturated carbocycles.